The van der Waals surface area contributed by atoms with Crippen LogP contribution >= 0.6 is 11.3 Å². The second-order valence-electron chi connectivity index (χ2n) is 5.46. The fraction of sp³-hybridized carbons (Fsp3) is 0.188. The minimum atomic E-state index is -3.37. The molecule has 130 valence electrons. The smallest absolute Gasteiger partial charge is 0.322 e. The molecule has 0 aliphatic carbocycles. The molecule has 3 rings (SSSR count). The van der Waals surface area contributed by atoms with Gasteiger partial charge in [-0.3, -0.25) is 10.1 Å². The minimum absolute atomic E-state index is 0.0210. The van der Waals surface area contributed by atoms with Crippen molar-refractivity contribution in [3.8, 4) is 10.8 Å². The van der Waals surface area contributed by atoms with Crippen molar-refractivity contribution in [2.24, 2.45) is 0 Å². The molecule has 0 radical (unpaired) electrons. The van der Waals surface area contributed by atoms with Crippen LogP contribution in [0.2, 0.25) is 0 Å². The molecule has 2 heterocycles. The third-order valence-electron chi connectivity index (χ3n) is 3.44. The van der Waals surface area contributed by atoms with Crippen LogP contribution in [-0.2, 0) is 9.84 Å². The normalized spacial score (nSPS) is 11.6. The Labute approximate surface area is 148 Å². The molecule has 25 heavy (non-hydrogen) atoms. The zero-order chi connectivity index (χ0) is 18.0. The van der Waals surface area contributed by atoms with E-state index in [1.165, 1.54) is 35.6 Å². The Bertz CT molecular complexity index is 975. The molecule has 0 aliphatic heterocycles. The van der Waals surface area contributed by atoms with E-state index < -0.39 is 21.0 Å². The van der Waals surface area contributed by atoms with Gasteiger partial charge in [-0.05, 0) is 49.6 Å². The van der Waals surface area contributed by atoms with Crippen LogP contribution in [0.5, 0.6) is 0 Å². The summed E-state index contributed by atoms with van der Waals surface area (Å²) < 4.78 is 29.6. The van der Waals surface area contributed by atoms with Crippen molar-refractivity contribution in [2.45, 2.75) is 24.0 Å². The third kappa shape index (κ3) is 3.62. The fourth-order valence-electron chi connectivity index (χ4n) is 2.01. The van der Waals surface area contributed by atoms with Crippen LogP contribution in [0, 0.1) is 0 Å². The monoisotopic (exact) mass is 377 g/mol. The first kappa shape index (κ1) is 17.3. The van der Waals surface area contributed by atoms with Gasteiger partial charge in [-0.1, -0.05) is 11.2 Å². The van der Waals surface area contributed by atoms with Crippen molar-refractivity contribution in [3.05, 3.63) is 47.3 Å². The van der Waals surface area contributed by atoms with E-state index in [4.69, 9.17) is 4.42 Å². The number of hydrogen-bond donors (Lipinski definition) is 1. The van der Waals surface area contributed by atoms with Crippen LogP contribution < -0.4 is 5.32 Å². The van der Waals surface area contributed by atoms with E-state index in [1.54, 1.807) is 13.8 Å². The number of sulfone groups is 1. The Morgan fingerprint density at radius 3 is 2.48 bits per heavy atom. The minimum Gasteiger partial charge on any atom is -0.402 e. The number of benzene rings is 1. The number of thiophene rings is 1. The van der Waals surface area contributed by atoms with Gasteiger partial charge in [0.1, 0.15) is 0 Å². The largest absolute Gasteiger partial charge is 0.402 e. The summed E-state index contributed by atoms with van der Waals surface area (Å²) in [6, 6.07) is 9.38. The van der Waals surface area contributed by atoms with Crippen molar-refractivity contribution < 1.29 is 17.6 Å². The zero-order valence-electron chi connectivity index (χ0n) is 13.5. The first-order valence-electron chi connectivity index (χ1n) is 7.40. The molecule has 7 nitrogen and oxygen atoms in total. The number of hydrogen-bond acceptors (Lipinski definition) is 7. The van der Waals surface area contributed by atoms with Crippen LogP contribution in [0.4, 0.5) is 6.01 Å². The summed E-state index contributed by atoms with van der Waals surface area (Å²) in [6.45, 7) is 3.22. The molecule has 9 heteroatoms. The number of anilines is 1. The lowest BCUT2D eigenvalue weighted by molar-refractivity contribution is 0.102. The SMILES string of the molecule is CC(C)S(=O)(=O)c1ccc(C(=O)Nc2nnc(-c3cccs3)o2)cc1. The number of amides is 1. The molecular formula is C16H15N3O4S2. The second kappa shape index (κ2) is 6.77. The highest BCUT2D eigenvalue weighted by Crippen LogP contribution is 2.24. The summed E-state index contributed by atoms with van der Waals surface area (Å²) in [5.74, 6) is -0.140. The van der Waals surface area contributed by atoms with E-state index in [0.29, 0.717) is 11.5 Å². The van der Waals surface area contributed by atoms with Gasteiger partial charge in [0.2, 0.25) is 0 Å². The first-order valence-corrected chi connectivity index (χ1v) is 9.83. The highest BCUT2D eigenvalue weighted by molar-refractivity contribution is 7.92. The average Bonchev–Trinajstić information content (AvgIpc) is 3.26. The summed E-state index contributed by atoms with van der Waals surface area (Å²) in [4.78, 5) is 13.2. The van der Waals surface area contributed by atoms with Crippen molar-refractivity contribution >= 4 is 33.1 Å². The summed E-state index contributed by atoms with van der Waals surface area (Å²) in [5, 5.41) is 11.5. The maximum absolute atomic E-state index is 12.2. The molecule has 0 saturated heterocycles. The van der Waals surface area contributed by atoms with Crippen molar-refractivity contribution in [2.75, 3.05) is 5.32 Å². The van der Waals surface area contributed by atoms with E-state index in [2.05, 4.69) is 15.5 Å². The maximum atomic E-state index is 12.2. The number of aromatic nitrogens is 2. The number of carbonyl (C=O) groups is 1. The van der Waals surface area contributed by atoms with Gasteiger partial charge in [0.25, 0.3) is 11.8 Å². The van der Waals surface area contributed by atoms with Gasteiger partial charge in [0, 0.05) is 5.56 Å². The van der Waals surface area contributed by atoms with Crippen molar-refractivity contribution in [3.63, 3.8) is 0 Å². The quantitative estimate of drug-likeness (QED) is 0.732. The molecule has 2 aromatic heterocycles. The molecule has 1 N–H and O–H groups in total. The Morgan fingerprint density at radius 2 is 1.88 bits per heavy atom. The first-order chi connectivity index (χ1) is 11.9. The molecule has 0 fully saturated rings. The van der Waals surface area contributed by atoms with Crippen LogP contribution in [0.1, 0.15) is 24.2 Å². The topological polar surface area (TPSA) is 102 Å². The average molecular weight is 377 g/mol. The van der Waals surface area contributed by atoms with Gasteiger partial charge in [-0.2, -0.15) is 0 Å². The summed E-state index contributed by atoms with van der Waals surface area (Å²) in [6.07, 6.45) is 0. The standard InChI is InChI=1S/C16H15N3O4S2/c1-10(2)25(21,22)12-7-5-11(6-8-12)14(20)17-16-19-18-15(23-16)13-4-3-9-24-13/h3-10H,1-2H3,(H,17,19,20). The van der Waals surface area contributed by atoms with Gasteiger partial charge in [-0.15, -0.1) is 16.4 Å². The molecule has 0 unspecified atom stereocenters. The molecule has 0 aliphatic rings. The molecular weight excluding hydrogens is 362 g/mol. The predicted molar refractivity (Wildman–Crippen MR) is 94.3 cm³/mol. The number of rotatable bonds is 5. The van der Waals surface area contributed by atoms with Crippen LogP contribution in [0.25, 0.3) is 10.8 Å². The summed E-state index contributed by atoms with van der Waals surface area (Å²) >= 11 is 1.44. The van der Waals surface area contributed by atoms with Crippen molar-refractivity contribution in [1.29, 1.82) is 0 Å². The van der Waals surface area contributed by atoms with Gasteiger partial charge in [-0.25, -0.2) is 8.42 Å². The molecule has 0 bridgehead atoms. The van der Waals surface area contributed by atoms with Gasteiger partial charge in [0.05, 0.1) is 15.0 Å². The Hall–Kier alpha value is -2.52. The van der Waals surface area contributed by atoms with Gasteiger partial charge >= 0.3 is 6.01 Å². The lowest BCUT2D eigenvalue weighted by Gasteiger charge is -2.08. The van der Waals surface area contributed by atoms with E-state index in [0.717, 1.165) is 4.88 Å². The number of nitrogens with one attached hydrogen (secondary N) is 1. The van der Waals surface area contributed by atoms with Crippen LogP contribution in [0.3, 0.4) is 0 Å². The van der Waals surface area contributed by atoms with Crippen LogP contribution in [-0.4, -0.2) is 29.8 Å². The Balaban J connectivity index is 1.74. The summed E-state index contributed by atoms with van der Waals surface area (Å²) in [5.41, 5.74) is 0.290. The second-order valence-corrected chi connectivity index (χ2v) is 8.91. The van der Waals surface area contributed by atoms with Gasteiger partial charge < -0.3 is 4.42 Å². The fourth-order valence-corrected chi connectivity index (χ4v) is 3.71. The van der Waals surface area contributed by atoms with Crippen molar-refractivity contribution in [1.82, 2.24) is 10.2 Å². The lowest BCUT2D eigenvalue weighted by Crippen LogP contribution is -2.15. The number of nitrogens with zero attached hydrogens (tertiary/aromatic N) is 2. The Morgan fingerprint density at radius 1 is 1.16 bits per heavy atom. The molecule has 0 spiro atoms. The molecule has 1 amide bonds. The highest BCUT2D eigenvalue weighted by atomic mass is 32.2. The Kier molecular flexibility index (Phi) is 4.69. The maximum Gasteiger partial charge on any atom is 0.322 e. The van der Waals surface area contributed by atoms with E-state index in [9.17, 15) is 13.2 Å². The van der Waals surface area contributed by atoms with Crippen LogP contribution in [0.15, 0.2) is 51.1 Å². The highest BCUT2D eigenvalue weighted by Gasteiger charge is 2.20. The van der Waals surface area contributed by atoms with E-state index in [1.807, 2.05) is 17.5 Å². The lowest BCUT2D eigenvalue weighted by atomic mass is 10.2. The van der Waals surface area contributed by atoms with E-state index >= 15 is 0 Å². The molecule has 0 saturated carbocycles. The van der Waals surface area contributed by atoms with E-state index in [-0.39, 0.29) is 10.9 Å². The molecule has 3 aromatic rings. The molecule has 1 aromatic carbocycles. The number of carbonyl (C=O) groups excluding carboxylic acids is 1. The third-order valence-corrected chi connectivity index (χ3v) is 6.47. The summed E-state index contributed by atoms with van der Waals surface area (Å²) in [7, 11) is -3.37. The molecule has 0 atom stereocenters. The zero-order valence-corrected chi connectivity index (χ0v) is 15.1. The predicted octanol–water partition coefficient (Wildman–Crippen LogP) is 3.23. The van der Waals surface area contributed by atoms with Gasteiger partial charge in [0.15, 0.2) is 9.84 Å².